The number of pyridine rings is 1. The van der Waals surface area contributed by atoms with Crippen molar-refractivity contribution in [3.05, 3.63) is 59.4 Å². The molecule has 0 saturated heterocycles. The van der Waals surface area contributed by atoms with Crippen LogP contribution in [-0.2, 0) is 6.61 Å². The van der Waals surface area contributed by atoms with Gasteiger partial charge in [-0.1, -0.05) is 30.3 Å². The van der Waals surface area contributed by atoms with E-state index in [1.54, 1.807) is 0 Å². The summed E-state index contributed by atoms with van der Waals surface area (Å²) in [5, 5.41) is 0. The van der Waals surface area contributed by atoms with E-state index in [1.807, 2.05) is 37.0 Å². The topological polar surface area (TPSA) is 16.4 Å². The molecular weight excluding hydrogens is 236 g/mol. The van der Waals surface area contributed by atoms with Crippen molar-refractivity contribution in [2.24, 2.45) is 0 Å². The van der Waals surface area contributed by atoms with Crippen molar-refractivity contribution < 1.29 is 9.57 Å². The largest absolute Gasteiger partial charge is 0.377 e. The van der Waals surface area contributed by atoms with Gasteiger partial charge in [-0.2, -0.15) is 0 Å². The Morgan fingerprint density at radius 2 is 1.58 bits per heavy atom. The van der Waals surface area contributed by atoms with Crippen molar-refractivity contribution in [2.45, 2.75) is 20.5 Å². The normalized spacial score (nSPS) is 10.3. The van der Waals surface area contributed by atoms with Crippen LogP contribution in [0.25, 0.3) is 0 Å². The van der Waals surface area contributed by atoms with Crippen LogP contribution in [0.3, 0.4) is 0 Å². The third-order valence-corrected chi connectivity index (χ3v) is 3.07. The molecule has 0 fully saturated rings. The van der Waals surface area contributed by atoms with Gasteiger partial charge in [0.15, 0.2) is 6.61 Å². The van der Waals surface area contributed by atoms with Crippen LogP contribution in [0.1, 0.15) is 17.0 Å². The first-order chi connectivity index (χ1) is 9.08. The van der Waals surface area contributed by atoms with Gasteiger partial charge in [0.05, 0.1) is 0 Å². The molecule has 1 heterocycles. The van der Waals surface area contributed by atoms with Gasteiger partial charge in [-0.25, -0.2) is 0 Å². The zero-order chi connectivity index (χ0) is 13.8. The van der Waals surface area contributed by atoms with Crippen molar-refractivity contribution in [3.63, 3.8) is 0 Å². The lowest BCUT2D eigenvalue weighted by Gasteiger charge is -2.13. The quantitative estimate of drug-likeness (QED) is 0.781. The number of hydrogen-bond donors (Lipinski definition) is 0. The average molecular weight is 257 g/mol. The molecule has 2 rings (SSSR count). The van der Waals surface area contributed by atoms with Gasteiger partial charge in [-0.3, -0.25) is 4.84 Å². The fraction of sp³-hybridized carbons (Fsp3) is 0.312. The summed E-state index contributed by atoms with van der Waals surface area (Å²) >= 11 is 0. The summed E-state index contributed by atoms with van der Waals surface area (Å²) in [6.07, 6.45) is 0. The molecule has 0 amide bonds. The molecule has 1 aromatic heterocycles. The third kappa shape index (κ3) is 3.25. The minimum atomic E-state index is 0.578. The maximum absolute atomic E-state index is 5.89. The maximum atomic E-state index is 5.89. The summed E-state index contributed by atoms with van der Waals surface area (Å²) in [5.41, 5.74) is 4.55. The molecule has 0 spiro atoms. The predicted octanol–water partition coefficient (Wildman–Crippen LogP) is 2.29. The van der Waals surface area contributed by atoms with Gasteiger partial charge < -0.3 is 4.90 Å². The van der Waals surface area contributed by atoms with Crippen molar-refractivity contribution in [1.29, 1.82) is 0 Å². The predicted molar refractivity (Wildman–Crippen MR) is 77.2 cm³/mol. The second-order valence-electron chi connectivity index (χ2n) is 4.94. The van der Waals surface area contributed by atoms with E-state index in [9.17, 15) is 0 Å². The second kappa shape index (κ2) is 5.74. The number of anilines is 1. The Kier molecular flexibility index (Phi) is 4.05. The Hall–Kier alpha value is -2.03. The highest BCUT2D eigenvalue weighted by molar-refractivity contribution is 5.44. The smallest absolute Gasteiger partial charge is 0.233 e. The highest BCUT2D eigenvalue weighted by Gasteiger charge is 2.15. The third-order valence-electron chi connectivity index (χ3n) is 3.07. The Balaban J connectivity index is 2.17. The van der Waals surface area contributed by atoms with E-state index in [4.69, 9.17) is 4.84 Å². The molecule has 0 unspecified atom stereocenters. The molecule has 1 aromatic carbocycles. The number of aromatic nitrogens is 1. The van der Waals surface area contributed by atoms with Gasteiger partial charge >= 0.3 is 0 Å². The molecule has 3 heteroatoms. The van der Waals surface area contributed by atoms with Crippen LogP contribution in [0.2, 0.25) is 0 Å². The first-order valence-electron chi connectivity index (χ1n) is 6.46. The summed E-state index contributed by atoms with van der Waals surface area (Å²) in [4.78, 5) is 7.99. The molecule has 0 saturated carbocycles. The number of hydrogen-bond acceptors (Lipinski definition) is 2. The van der Waals surface area contributed by atoms with Gasteiger partial charge in [0.25, 0.3) is 0 Å². The lowest BCUT2D eigenvalue weighted by molar-refractivity contribution is -0.903. The van der Waals surface area contributed by atoms with E-state index in [2.05, 4.69) is 43.0 Å². The average Bonchev–Trinajstić information content (AvgIpc) is 2.38. The molecule has 0 aliphatic carbocycles. The van der Waals surface area contributed by atoms with E-state index < -0.39 is 0 Å². The van der Waals surface area contributed by atoms with E-state index in [-0.39, 0.29) is 0 Å². The Morgan fingerprint density at radius 3 is 2.11 bits per heavy atom. The number of benzene rings is 1. The second-order valence-corrected chi connectivity index (χ2v) is 4.94. The van der Waals surface area contributed by atoms with Crippen molar-refractivity contribution in [2.75, 3.05) is 19.0 Å². The van der Waals surface area contributed by atoms with E-state index in [1.165, 1.54) is 11.3 Å². The van der Waals surface area contributed by atoms with Crippen LogP contribution in [0.15, 0.2) is 42.5 Å². The number of aryl methyl sites for hydroxylation is 2. The first kappa shape index (κ1) is 13.4. The number of rotatable bonds is 4. The minimum Gasteiger partial charge on any atom is -0.377 e. The Morgan fingerprint density at radius 1 is 1.00 bits per heavy atom. The van der Waals surface area contributed by atoms with Crippen LogP contribution in [0, 0.1) is 13.8 Å². The maximum Gasteiger partial charge on any atom is 0.233 e. The van der Waals surface area contributed by atoms with E-state index >= 15 is 0 Å². The molecular formula is C16H21N2O+. The van der Waals surface area contributed by atoms with Gasteiger partial charge in [0.1, 0.15) is 0 Å². The van der Waals surface area contributed by atoms with Crippen molar-refractivity contribution in [1.82, 2.24) is 0 Å². The molecule has 0 aliphatic heterocycles. The van der Waals surface area contributed by atoms with Gasteiger partial charge in [0, 0.05) is 50.5 Å². The van der Waals surface area contributed by atoms with Gasteiger partial charge in [0.2, 0.25) is 11.4 Å². The summed E-state index contributed by atoms with van der Waals surface area (Å²) in [6.45, 7) is 4.70. The van der Waals surface area contributed by atoms with Crippen molar-refractivity contribution >= 4 is 5.69 Å². The van der Waals surface area contributed by atoms with Gasteiger partial charge in [-0.15, -0.1) is 0 Å². The van der Waals surface area contributed by atoms with Crippen LogP contribution in [0.5, 0.6) is 0 Å². The minimum absolute atomic E-state index is 0.578. The van der Waals surface area contributed by atoms with Crippen LogP contribution >= 0.6 is 0 Å². The van der Waals surface area contributed by atoms with Crippen LogP contribution in [0.4, 0.5) is 5.69 Å². The molecule has 0 N–H and O–H groups in total. The van der Waals surface area contributed by atoms with Crippen molar-refractivity contribution in [3.8, 4) is 0 Å². The molecule has 0 atom stereocenters. The number of nitrogens with zero attached hydrogens (tertiary/aromatic N) is 2. The summed E-state index contributed by atoms with van der Waals surface area (Å²) in [7, 11) is 4.09. The van der Waals surface area contributed by atoms with Crippen LogP contribution < -0.4 is 14.5 Å². The summed E-state index contributed by atoms with van der Waals surface area (Å²) < 4.78 is 1.89. The zero-order valence-corrected chi connectivity index (χ0v) is 12.1. The fourth-order valence-electron chi connectivity index (χ4n) is 2.04. The lowest BCUT2D eigenvalue weighted by atomic mass is 10.2. The monoisotopic (exact) mass is 257 g/mol. The molecule has 0 aliphatic rings. The molecule has 0 radical (unpaired) electrons. The molecule has 100 valence electrons. The van der Waals surface area contributed by atoms with E-state index in [0.29, 0.717) is 6.61 Å². The molecule has 2 aromatic rings. The molecule has 19 heavy (non-hydrogen) atoms. The summed E-state index contributed by atoms with van der Waals surface area (Å²) in [6, 6.07) is 14.4. The molecule has 3 nitrogen and oxygen atoms in total. The lowest BCUT2D eigenvalue weighted by Crippen LogP contribution is -2.47. The first-order valence-corrected chi connectivity index (χ1v) is 6.46. The van der Waals surface area contributed by atoms with Gasteiger partial charge in [-0.05, 0) is 5.56 Å². The highest BCUT2D eigenvalue weighted by atomic mass is 16.7. The SMILES string of the molecule is Cc1cc(N(C)C)cc(C)[n+]1OCc1ccccc1. The standard InChI is InChI=1S/C16H21N2O/c1-13-10-16(17(3)4)11-14(2)18(13)19-12-15-8-6-5-7-9-15/h5-11H,12H2,1-4H3/q+1. The highest BCUT2D eigenvalue weighted by Crippen LogP contribution is 2.12. The fourth-order valence-corrected chi connectivity index (χ4v) is 2.04. The van der Waals surface area contributed by atoms with E-state index in [0.717, 1.165) is 11.4 Å². The zero-order valence-electron chi connectivity index (χ0n) is 12.1. The molecule has 0 bridgehead atoms. The Bertz CT molecular complexity index is 527. The Labute approximate surface area is 115 Å². The summed E-state index contributed by atoms with van der Waals surface area (Å²) in [5.74, 6) is 0. The van der Waals surface area contributed by atoms with Crippen LogP contribution in [-0.4, -0.2) is 14.1 Å².